The summed E-state index contributed by atoms with van der Waals surface area (Å²) in [6.45, 7) is 6.91. The van der Waals surface area contributed by atoms with Crippen LogP contribution in [0.1, 0.15) is 38.2 Å². The lowest BCUT2D eigenvalue weighted by Crippen LogP contribution is -2.51. The molecule has 0 amide bonds. The van der Waals surface area contributed by atoms with E-state index in [0.717, 1.165) is 48.7 Å². The van der Waals surface area contributed by atoms with Crippen LogP contribution >= 0.6 is 0 Å². The van der Waals surface area contributed by atoms with Crippen LogP contribution in [-0.2, 0) is 0 Å². The number of rotatable bonds is 6. The number of H-pyrrole nitrogens is 1. The van der Waals surface area contributed by atoms with E-state index in [1.54, 1.807) is 0 Å². The number of nitrogens with one attached hydrogen (secondary N) is 3. The third-order valence-electron chi connectivity index (χ3n) is 9.05. The highest BCUT2D eigenvalue weighted by atomic mass is 19.1. The molecule has 3 fully saturated rings. The molecule has 3 atom stereocenters. The predicted octanol–water partition coefficient (Wildman–Crippen LogP) is 4.64. The minimum atomic E-state index is -0.797. The van der Waals surface area contributed by atoms with Gasteiger partial charge in [0, 0.05) is 35.9 Å². The summed E-state index contributed by atoms with van der Waals surface area (Å²) in [6.07, 6.45) is 4.24. The number of ether oxygens (including phenoxy) is 1. The Kier molecular flexibility index (Phi) is 6.04. The lowest BCUT2D eigenvalue weighted by molar-refractivity contribution is 0.108. The number of benzene rings is 2. The summed E-state index contributed by atoms with van der Waals surface area (Å²) in [5, 5.41) is 14.8. The van der Waals surface area contributed by atoms with E-state index in [4.69, 9.17) is 9.72 Å². The van der Waals surface area contributed by atoms with Crippen LogP contribution in [0, 0.1) is 18.6 Å². The molecule has 11 heteroatoms. The minimum absolute atomic E-state index is 0.0238. The van der Waals surface area contributed by atoms with E-state index >= 15 is 8.78 Å². The molecule has 210 valence electrons. The van der Waals surface area contributed by atoms with Crippen molar-refractivity contribution < 1.29 is 13.5 Å². The number of aromatic nitrogens is 4. The number of hydrogen-bond acceptors (Lipinski definition) is 8. The molecular weight excluding hydrogens is 514 g/mol. The van der Waals surface area contributed by atoms with E-state index in [1.807, 2.05) is 25.1 Å². The Morgan fingerprint density at radius 3 is 2.70 bits per heavy atom. The highest BCUT2D eigenvalue weighted by Crippen LogP contribution is 2.37. The smallest absolute Gasteiger partial charge is 0.319 e. The van der Waals surface area contributed by atoms with E-state index in [9.17, 15) is 0 Å². The molecule has 4 aromatic rings. The lowest BCUT2D eigenvalue weighted by Gasteiger charge is -2.34. The Bertz CT molecular complexity index is 1600. The lowest BCUT2D eigenvalue weighted by atomic mass is 10.0. The second-order valence-electron chi connectivity index (χ2n) is 11.8. The SMILES string of the molecule is Cc1cccc2c(Nc3c(F)cc4c(N5CC6CCC(C5)N6)nc(OC[C@]5(C)CCCN5C)nc4c3F)n[nH]c12. The summed E-state index contributed by atoms with van der Waals surface area (Å²) in [5.41, 5.74) is 1.37. The summed E-state index contributed by atoms with van der Waals surface area (Å²) in [5.74, 6) is -0.675. The molecule has 3 aliphatic heterocycles. The zero-order chi connectivity index (χ0) is 27.6. The maximum Gasteiger partial charge on any atom is 0.319 e. The van der Waals surface area contributed by atoms with Gasteiger partial charge >= 0.3 is 6.01 Å². The van der Waals surface area contributed by atoms with Crippen LogP contribution in [0.3, 0.4) is 0 Å². The van der Waals surface area contributed by atoms with Crippen molar-refractivity contribution in [1.82, 2.24) is 30.4 Å². The molecule has 3 N–H and O–H groups in total. The molecule has 2 bridgehead atoms. The number of aromatic amines is 1. The van der Waals surface area contributed by atoms with Gasteiger partial charge in [-0.05, 0) is 70.8 Å². The van der Waals surface area contributed by atoms with Crippen molar-refractivity contribution in [3.8, 4) is 6.01 Å². The van der Waals surface area contributed by atoms with Gasteiger partial charge in [-0.2, -0.15) is 15.1 Å². The van der Waals surface area contributed by atoms with Crippen LogP contribution in [0.5, 0.6) is 6.01 Å². The largest absolute Gasteiger partial charge is 0.461 e. The van der Waals surface area contributed by atoms with E-state index in [1.165, 1.54) is 6.07 Å². The number of nitrogens with zero attached hydrogens (tertiary/aromatic N) is 5. The van der Waals surface area contributed by atoms with Crippen LogP contribution in [-0.4, -0.2) is 76.0 Å². The molecule has 7 rings (SSSR count). The van der Waals surface area contributed by atoms with Crippen molar-refractivity contribution in [2.75, 3.05) is 43.5 Å². The number of hydrogen-bond donors (Lipinski definition) is 3. The number of likely N-dealkylation sites (N-methyl/N-ethyl adjacent to an activating group) is 1. The summed E-state index contributed by atoms with van der Waals surface area (Å²) in [6, 6.07) is 7.78. The van der Waals surface area contributed by atoms with Crippen LogP contribution in [0.4, 0.5) is 26.1 Å². The van der Waals surface area contributed by atoms with Gasteiger partial charge in [-0.25, -0.2) is 8.78 Å². The summed E-state index contributed by atoms with van der Waals surface area (Å²) < 4.78 is 38.1. The molecule has 5 heterocycles. The van der Waals surface area contributed by atoms with E-state index < -0.39 is 11.6 Å². The number of likely N-dealkylation sites (tertiary alicyclic amines) is 1. The highest BCUT2D eigenvalue weighted by molar-refractivity contribution is 5.96. The fourth-order valence-corrected chi connectivity index (χ4v) is 6.51. The topological polar surface area (TPSA) is 94.2 Å². The van der Waals surface area contributed by atoms with Crippen molar-refractivity contribution in [2.45, 2.75) is 57.2 Å². The van der Waals surface area contributed by atoms with Crippen LogP contribution in [0.25, 0.3) is 21.8 Å². The number of halogens is 2. The number of anilines is 3. The quantitative estimate of drug-likeness (QED) is 0.321. The van der Waals surface area contributed by atoms with Gasteiger partial charge in [-0.15, -0.1) is 0 Å². The van der Waals surface area contributed by atoms with Gasteiger partial charge in [-0.3, -0.25) is 10.00 Å². The second kappa shape index (κ2) is 9.52. The Morgan fingerprint density at radius 1 is 1.15 bits per heavy atom. The first-order valence-corrected chi connectivity index (χ1v) is 14.0. The average molecular weight is 549 g/mol. The fraction of sp³-hybridized carbons (Fsp3) is 0.483. The standard InChI is InChI=1S/C29H34F2N8O/c1-16-6-4-7-19-23(16)36-37-26(19)33-25-21(30)12-20-24(22(25)31)34-28(40-15-29(2)10-5-11-38(29)3)35-27(20)39-13-17-8-9-18(14-39)32-17/h4,6-7,12,17-18,32H,5,8-11,13-15H2,1-3H3,(H2,33,36,37)/t17?,18?,29-/m0/s1. The van der Waals surface area contributed by atoms with Crippen molar-refractivity contribution in [2.24, 2.45) is 0 Å². The maximum atomic E-state index is 16.2. The molecule has 2 aromatic heterocycles. The van der Waals surface area contributed by atoms with E-state index in [-0.39, 0.29) is 22.8 Å². The molecule has 0 saturated carbocycles. The van der Waals surface area contributed by atoms with Crippen molar-refractivity contribution in [1.29, 1.82) is 0 Å². The van der Waals surface area contributed by atoms with Gasteiger partial charge in [0.2, 0.25) is 0 Å². The van der Waals surface area contributed by atoms with Crippen LogP contribution < -0.4 is 20.3 Å². The molecule has 9 nitrogen and oxygen atoms in total. The second-order valence-corrected chi connectivity index (χ2v) is 11.8. The van der Waals surface area contributed by atoms with Gasteiger partial charge in [0.1, 0.15) is 23.6 Å². The summed E-state index contributed by atoms with van der Waals surface area (Å²) in [7, 11) is 2.08. The minimum Gasteiger partial charge on any atom is -0.461 e. The van der Waals surface area contributed by atoms with Gasteiger partial charge in [-0.1, -0.05) is 12.1 Å². The van der Waals surface area contributed by atoms with Gasteiger partial charge in [0.15, 0.2) is 17.5 Å². The first-order valence-electron chi connectivity index (χ1n) is 14.0. The van der Waals surface area contributed by atoms with Crippen LogP contribution in [0.2, 0.25) is 0 Å². The average Bonchev–Trinajstić information content (AvgIpc) is 3.62. The van der Waals surface area contributed by atoms with Gasteiger partial charge < -0.3 is 20.3 Å². The number of fused-ring (bicyclic) bond motifs is 4. The van der Waals surface area contributed by atoms with Gasteiger partial charge in [0.25, 0.3) is 0 Å². The van der Waals surface area contributed by atoms with Gasteiger partial charge in [0.05, 0.1) is 11.1 Å². The predicted molar refractivity (Wildman–Crippen MR) is 151 cm³/mol. The van der Waals surface area contributed by atoms with Crippen LogP contribution in [0.15, 0.2) is 24.3 Å². The number of para-hydroxylation sites is 1. The normalized spacial score (nSPS) is 24.9. The van der Waals surface area contributed by atoms with Crippen molar-refractivity contribution >= 4 is 39.1 Å². The Balaban J connectivity index is 1.31. The first-order chi connectivity index (χ1) is 19.3. The molecule has 0 spiro atoms. The Morgan fingerprint density at radius 2 is 1.95 bits per heavy atom. The molecule has 40 heavy (non-hydrogen) atoms. The van der Waals surface area contributed by atoms with E-state index in [0.29, 0.717) is 48.8 Å². The first kappa shape index (κ1) is 25.4. The zero-order valence-corrected chi connectivity index (χ0v) is 23.0. The molecule has 2 aromatic carbocycles. The monoisotopic (exact) mass is 548 g/mol. The van der Waals surface area contributed by atoms with Crippen molar-refractivity contribution in [3.05, 3.63) is 41.5 Å². The van der Waals surface area contributed by atoms with E-state index in [2.05, 4.69) is 49.6 Å². The molecule has 0 aliphatic carbocycles. The molecule has 3 saturated heterocycles. The number of piperazine rings is 1. The fourth-order valence-electron chi connectivity index (χ4n) is 6.51. The third kappa shape index (κ3) is 4.23. The zero-order valence-electron chi connectivity index (χ0n) is 23.0. The molecular formula is C29H34F2N8O. The molecule has 0 radical (unpaired) electrons. The Hall–Kier alpha value is -3.57. The third-order valence-corrected chi connectivity index (χ3v) is 9.05. The highest BCUT2D eigenvalue weighted by Gasteiger charge is 2.36. The number of aryl methyl sites for hydroxylation is 1. The van der Waals surface area contributed by atoms with Crippen molar-refractivity contribution in [3.63, 3.8) is 0 Å². The maximum absolute atomic E-state index is 16.2. The molecule has 3 aliphatic rings. The summed E-state index contributed by atoms with van der Waals surface area (Å²) >= 11 is 0. The molecule has 2 unspecified atom stereocenters. The Labute approximate surface area is 231 Å². The summed E-state index contributed by atoms with van der Waals surface area (Å²) in [4.78, 5) is 13.7.